The van der Waals surface area contributed by atoms with Crippen molar-refractivity contribution in [2.24, 2.45) is 5.92 Å². The summed E-state index contributed by atoms with van der Waals surface area (Å²) in [7, 11) is 0. The highest BCUT2D eigenvalue weighted by Gasteiger charge is 2.48. The molecule has 0 aliphatic carbocycles. The Labute approximate surface area is 131 Å². The first-order valence-electron chi connectivity index (χ1n) is 7.83. The van der Waals surface area contributed by atoms with Crippen molar-refractivity contribution in [3.05, 3.63) is 0 Å². The minimum Gasteiger partial charge on any atom is -0.378 e. The first kappa shape index (κ1) is 16.7. The minimum absolute atomic E-state index is 0.193. The van der Waals surface area contributed by atoms with E-state index in [1.807, 2.05) is 0 Å². The lowest BCUT2D eigenvalue weighted by atomic mass is 9.92. The van der Waals surface area contributed by atoms with Crippen LogP contribution in [0.2, 0.25) is 0 Å². The number of morpholine rings is 1. The fraction of sp³-hybridized carbons (Fsp3) is 0.800. The molecule has 124 valence electrons. The van der Waals surface area contributed by atoms with Crippen LogP contribution < -0.4 is 5.32 Å². The van der Waals surface area contributed by atoms with Crippen LogP contribution in [0.5, 0.6) is 0 Å². The standard InChI is InChI=1S/C15H25N3O4/c1-11(2)4-5-15(3)13(20)18(14(21)16-15)10-12(19)17-6-8-22-9-7-17/h11H,4-10H2,1-3H3,(H,16,21)/t15-/m0/s1. The smallest absolute Gasteiger partial charge is 0.325 e. The molecule has 2 saturated heterocycles. The lowest BCUT2D eigenvalue weighted by molar-refractivity contribution is -0.141. The van der Waals surface area contributed by atoms with Gasteiger partial charge in [-0.25, -0.2) is 4.79 Å². The van der Waals surface area contributed by atoms with Gasteiger partial charge in [0.05, 0.1) is 13.2 Å². The van der Waals surface area contributed by atoms with Crippen LogP contribution in [0.15, 0.2) is 0 Å². The fourth-order valence-electron chi connectivity index (χ4n) is 2.69. The Hall–Kier alpha value is -1.63. The van der Waals surface area contributed by atoms with E-state index in [2.05, 4.69) is 19.2 Å². The monoisotopic (exact) mass is 311 g/mol. The first-order chi connectivity index (χ1) is 10.3. The summed E-state index contributed by atoms with van der Waals surface area (Å²) >= 11 is 0. The van der Waals surface area contributed by atoms with Crippen LogP contribution in [0.4, 0.5) is 4.79 Å². The van der Waals surface area contributed by atoms with E-state index in [0.717, 1.165) is 11.3 Å². The molecule has 0 saturated carbocycles. The topological polar surface area (TPSA) is 79.0 Å². The van der Waals surface area contributed by atoms with Crippen molar-refractivity contribution in [1.29, 1.82) is 0 Å². The molecular weight excluding hydrogens is 286 g/mol. The van der Waals surface area contributed by atoms with Crippen LogP contribution in [-0.2, 0) is 14.3 Å². The number of hydrogen-bond acceptors (Lipinski definition) is 4. The van der Waals surface area contributed by atoms with Gasteiger partial charge in [-0.1, -0.05) is 13.8 Å². The molecule has 7 nitrogen and oxygen atoms in total. The summed E-state index contributed by atoms with van der Waals surface area (Å²) in [4.78, 5) is 39.5. The number of rotatable bonds is 5. The fourth-order valence-corrected chi connectivity index (χ4v) is 2.69. The zero-order chi connectivity index (χ0) is 16.3. The minimum atomic E-state index is -0.896. The van der Waals surface area contributed by atoms with Crippen LogP contribution in [0, 0.1) is 5.92 Å². The van der Waals surface area contributed by atoms with Crippen molar-refractivity contribution in [2.75, 3.05) is 32.8 Å². The number of carbonyl (C=O) groups is 3. The summed E-state index contributed by atoms with van der Waals surface area (Å²) in [6.07, 6.45) is 1.42. The van der Waals surface area contributed by atoms with Crippen molar-refractivity contribution in [1.82, 2.24) is 15.1 Å². The zero-order valence-corrected chi connectivity index (χ0v) is 13.6. The summed E-state index contributed by atoms with van der Waals surface area (Å²) in [5.74, 6) is -0.0646. The van der Waals surface area contributed by atoms with Gasteiger partial charge in [-0.3, -0.25) is 14.5 Å². The second-order valence-electron chi connectivity index (χ2n) is 6.58. The molecule has 0 unspecified atom stereocenters. The van der Waals surface area contributed by atoms with Crippen LogP contribution in [0.3, 0.4) is 0 Å². The number of urea groups is 1. The molecule has 1 atom stereocenters. The van der Waals surface area contributed by atoms with Crippen LogP contribution in [-0.4, -0.2) is 66.0 Å². The van der Waals surface area contributed by atoms with Gasteiger partial charge in [0, 0.05) is 13.1 Å². The first-order valence-corrected chi connectivity index (χ1v) is 7.83. The summed E-state index contributed by atoms with van der Waals surface area (Å²) in [6.45, 7) is 7.70. The number of carbonyl (C=O) groups excluding carboxylic acids is 3. The van der Waals surface area contributed by atoms with E-state index in [-0.39, 0.29) is 18.4 Å². The van der Waals surface area contributed by atoms with E-state index in [4.69, 9.17) is 4.74 Å². The molecule has 0 aromatic rings. The Bertz CT molecular complexity index is 460. The summed E-state index contributed by atoms with van der Waals surface area (Å²) < 4.78 is 5.20. The number of hydrogen-bond donors (Lipinski definition) is 1. The molecule has 0 spiro atoms. The van der Waals surface area contributed by atoms with Crippen molar-refractivity contribution in [2.45, 2.75) is 39.2 Å². The zero-order valence-electron chi connectivity index (χ0n) is 13.6. The average Bonchev–Trinajstić information content (AvgIpc) is 2.70. The number of nitrogens with zero attached hydrogens (tertiary/aromatic N) is 2. The molecule has 0 radical (unpaired) electrons. The SMILES string of the molecule is CC(C)CC[C@]1(C)NC(=O)N(CC(=O)N2CCOCC2)C1=O. The van der Waals surface area contributed by atoms with Gasteiger partial charge in [0.2, 0.25) is 5.91 Å². The quantitative estimate of drug-likeness (QED) is 0.754. The van der Waals surface area contributed by atoms with Gasteiger partial charge in [-0.15, -0.1) is 0 Å². The van der Waals surface area contributed by atoms with E-state index in [1.54, 1.807) is 11.8 Å². The number of amides is 4. The number of imide groups is 1. The molecule has 0 aromatic heterocycles. The van der Waals surface area contributed by atoms with Crippen molar-refractivity contribution in [3.63, 3.8) is 0 Å². The Balaban J connectivity index is 1.97. The van der Waals surface area contributed by atoms with Crippen LogP contribution in [0.1, 0.15) is 33.6 Å². The predicted molar refractivity (Wildman–Crippen MR) is 80.1 cm³/mol. The molecule has 4 amide bonds. The Kier molecular flexibility index (Phi) is 5.05. The van der Waals surface area contributed by atoms with Gasteiger partial charge >= 0.3 is 6.03 Å². The van der Waals surface area contributed by atoms with Gasteiger partial charge < -0.3 is 15.0 Å². The molecule has 2 fully saturated rings. The number of nitrogens with one attached hydrogen (secondary N) is 1. The van der Waals surface area contributed by atoms with E-state index in [1.165, 1.54) is 0 Å². The van der Waals surface area contributed by atoms with Gasteiger partial charge in [0.25, 0.3) is 5.91 Å². The van der Waals surface area contributed by atoms with Crippen LogP contribution in [0.25, 0.3) is 0 Å². The third-order valence-corrected chi connectivity index (χ3v) is 4.22. The lowest BCUT2D eigenvalue weighted by Crippen LogP contribution is -2.48. The van der Waals surface area contributed by atoms with Crippen molar-refractivity contribution >= 4 is 17.8 Å². The highest BCUT2D eigenvalue weighted by Crippen LogP contribution is 2.24. The molecule has 2 rings (SSSR count). The van der Waals surface area contributed by atoms with Gasteiger partial charge in [0.1, 0.15) is 12.1 Å². The van der Waals surface area contributed by atoms with Gasteiger partial charge in [-0.2, -0.15) is 0 Å². The highest BCUT2D eigenvalue weighted by molar-refractivity contribution is 6.08. The second kappa shape index (κ2) is 6.64. The molecule has 7 heteroatoms. The molecule has 0 aromatic carbocycles. The van der Waals surface area contributed by atoms with Crippen molar-refractivity contribution < 1.29 is 19.1 Å². The maximum atomic E-state index is 12.5. The van der Waals surface area contributed by atoms with Crippen LogP contribution >= 0.6 is 0 Å². The lowest BCUT2D eigenvalue weighted by Gasteiger charge is -2.28. The Morgan fingerprint density at radius 2 is 1.95 bits per heavy atom. The summed E-state index contributed by atoms with van der Waals surface area (Å²) in [6, 6.07) is -0.474. The van der Waals surface area contributed by atoms with Crippen molar-refractivity contribution in [3.8, 4) is 0 Å². The van der Waals surface area contributed by atoms with Gasteiger partial charge in [0.15, 0.2) is 0 Å². The third kappa shape index (κ3) is 3.58. The van der Waals surface area contributed by atoms with Gasteiger partial charge in [-0.05, 0) is 25.7 Å². The summed E-state index contributed by atoms with van der Waals surface area (Å²) in [5, 5.41) is 2.74. The molecule has 2 aliphatic rings. The molecule has 22 heavy (non-hydrogen) atoms. The molecule has 2 heterocycles. The predicted octanol–water partition coefficient (Wildman–Crippen LogP) is 0.592. The van der Waals surface area contributed by atoms with E-state index >= 15 is 0 Å². The maximum absolute atomic E-state index is 12.5. The molecule has 2 aliphatic heterocycles. The van der Waals surface area contributed by atoms with E-state index < -0.39 is 11.6 Å². The van der Waals surface area contributed by atoms with E-state index in [0.29, 0.717) is 38.6 Å². The second-order valence-corrected chi connectivity index (χ2v) is 6.58. The summed E-state index contributed by atoms with van der Waals surface area (Å²) in [5.41, 5.74) is -0.896. The molecule has 0 bridgehead atoms. The number of ether oxygens (including phenoxy) is 1. The largest absolute Gasteiger partial charge is 0.378 e. The third-order valence-electron chi connectivity index (χ3n) is 4.22. The highest BCUT2D eigenvalue weighted by atomic mass is 16.5. The molecule has 1 N–H and O–H groups in total. The van der Waals surface area contributed by atoms with E-state index in [9.17, 15) is 14.4 Å². The molecular formula is C15H25N3O4. The normalized spacial score (nSPS) is 25.8. The average molecular weight is 311 g/mol. The maximum Gasteiger partial charge on any atom is 0.325 e. The Morgan fingerprint density at radius 3 is 2.55 bits per heavy atom. The Morgan fingerprint density at radius 1 is 1.32 bits per heavy atom.